The maximum absolute atomic E-state index is 5.73. The van der Waals surface area contributed by atoms with Crippen molar-refractivity contribution in [3.8, 4) is 0 Å². The smallest absolute Gasteiger partial charge is 0.174 e. The molecule has 5 heteroatoms. The predicted molar refractivity (Wildman–Crippen MR) is 113 cm³/mol. The van der Waals surface area contributed by atoms with E-state index in [0.717, 1.165) is 16.5 Å². The highest BCUT2D eigenvalue weighted by Gasteiger charge is 2.41. The Hall–Kier alpha value is -2.24. The van der Waals surface area contributed by atoms with Gasteiger partial charge in [0.25, 0.3) is 0 Å². The minimum atomic E-state index is 0.0344. The van der Waals surface area contributed by atoms with Crippen molar-refractivity contribution >= 4 is 34.4 Å². The van der Waals surface area contributed by atoms with Crippen LogP contribution in [0.15, 0.2) is 66.2 Å². The highest BCUT2D eigenvalue weighted by atomic mass is 32.1. The third-order valence-corrected chi connectivity index (χ3v) is 6.03. The summed E-state index contributed by atoms with van der Waals surface area (Å²) < 4.78 is 0. The lowest BCUT2D eigenvalue weighted by Crippen LogP contribution is -2.29. The van der Waals surface area contributed by atoms with Crippen LogP contribution in [0.25, 0.3) is 0 Å². The number of hydrogen-bond acceptors (Lipinski definition) is 3. The van der Waals surface area contributed by atoms with Crippen LogP contribution in [-0.2, 0) is 0 Å². The topological polar surface area (TPSA) is 28.2 Å². The van der Waals surface area contributed by atoms with Crippen LogP contribution in [-0.4, -0.2) is 10.1 Å². The van der Waals surface area contributed by atoms with Crippen LogP contribution in [0.4, 0.5) is 5.69 Å². The van der Waals surface area contributed by atoms with Gasteiger partial charge in [0.15, 0.2) is 5.11 Å². The number of hydrogen-bond donors (Lipinski definition) is 1. The van der Waals surface area contributed by atoms with Gasteiger partial charge >= 0.3 is 0 Å². The number of thiophene rings is 1. The van der Waals surface area contributed by atoms with Crippen LogP contribution in [0, 0.1) is 0 Å². The molecule has 0 spiro atoms. The lowest BCUT2D eigenvalue weighted by Gasteiger charge is -2.27. The average molecular weight is 380 g/mol. The summed E-state index contributed by atoms with van der Waals surface area (Å²) in [5.41, 5.74) is 3.46. The van der Waals surface area contributed by atoms with E-state index in [-0.39, 0.29) is 12.1 Å². The minimum Gasteiger partial charge on any atom is -0.351 e. The van der Waals surface area contributed by atoms with Gasteiger partial charge in [0, 0.05) is 16.8 Å². The van der Waals surface area contributed by atoms with Gasteiger partial charge in [-0.15, -0.1) is 11.3 Å². The van der Waals surface area contributed by atoms with E-state index in [0.29, 0.717) is 5.92 Å². The van der Waals surface area contributed by atoms with Crippen molar-refractivity contribution in [3.05, 3.63) is 82.3 Å². The molecule has 3 nitrogen and oxygen atoms in total. The van der Waals surface area contributed by atoms with Gasteiger partial charge in [0.1, 0.15) is 0 Å². The number of rotatable bonds is 4. The van der Waals surface area contributed by atoms with Gasteiger partial charge in [-0.3, -0.25) is 4.98 Å². The van der Waals surface area contributed by atoms with Gasteiger partial charge < -0.3 is 10.2 Å². The van der Waals surface area contributed by atoms with E-state index in [9.17, 15) is 0 Å². The molecule has 132 valence electrons. The zero-order valence-corrected chi connectivity index (χ0v) is 16.4. The Bertz CT molecular complexity index is 873. The summed E-state index contributed by atoms with van der Waals surface area (Å²) in [6.07, 6.45) is 1.84. The van der Waals surface area contributed by atoms with Crippen LogP contribution >= 0.6 is 23.6 Å². The lowest BCUT2D eigenvalue weighted by molar-refractivity contribution is 0.575. The average Bonchev–Trinajstić information content (AvgIpc) is 3.30. The molecule has 2 atom stereocenters. The summed E-state index contributed by atoms with van der Waals surface area (Å²) in [5.74, 6) is 0.516. The van der Waals surface area contributed by atoms with Gasteiger partial charge in [-0.2, -0.15) is 0 Å². The molecule has 2 unspecified atom stereocenters. The molecule has 1 aliphatic rings. The zero-order chi connectivity index (χ0) is 18.1. The second-order valence-electron chi connectivity index (χ2n) is 6.76. The largest absolute Gasteiger partial charge is 0.351 e. The number of pyridine rings is 1. The van der Waals surface area contributed by atoms with Crippen LogP contribution < -0.4 is 10.2 Å². The third kappa shape index (κ3) is 3.13. The maximum Gasteiger partial charge on any atom is 0.174 e. The molecular weight excluding hydrogens is 358 g/mol. The molecule has 1 saturated heterocycles. The molecule has 3 aromatic rings. The van der Waals surface area contributed by atoms with Gasteiger partial charge in [-0.25, -0.2) is 0 Å². The summed E-state index contributed by atoms with van der Waals surface area (Å²) in [7, 11) is 0. The molecule has 1 aliphatic heterocycles. The summed E-state index contributed by atoms with van der Waals surface area (Å²) in [4.78, 5) is 8.08. The fraction of sp³-hybridized carbons (Fsp3) is 0.238. The van der Waals surface area contributed by atoms with Crippen molar-refractivity contribution in [2.75, 3.05) is 4.90 Å². The van der Waals surface area contributed by atoms with Crippen molar-refractivity contribution in [1.29, 1.82) is 0 Å². The van der Waals surface area contributed by atoms with Crippen molar-refractivity contribution in [1.82, 2.24) is 10.3 Å². The summed E-state index contributed by atoms with van der Waals surface area (Å²) in [6.45, 7) is 4.42. The molecule has 1 fully saturated rings. The Balaban J connectivity index is 1.76. The second kappa shape index (κ2) is 7.17. The van der Waals surface area contributed by atoms with Crippen molar-refractivity contribution < 1.29 is 0 Å². The monoisotopic (exact) mass is 379 g/mol. The first-order valence-corrected chi connectivity index (χ1v) is 10.1. The van der Waals surface area contributed by atoms with Gasteiger partial charge in [0.05, 0.1) is 17.8 Å². The molecule has 0 bridgehead atoms. The van der Waals surface area contributed by atoms with Crippen molar-refractivity contribution in [2.24, 2.45) is 0 Å². The fourth-order valence-corrected chi connectivity index (χ4v) is 4.60. The fourth-order valence-electron chi connectivity index (χ4n) is 3.40. The Morgan fingerprint density at radius 2 is 1.88 bits per heavy atom. The molecule has 0 amide bonds. The quantitative estimate of drug-likeness (QED) is 0.611. The number of nitrogens with one attached hydrogen (secondary N) is 1. The lowest BCUT2D eigenvalue weighted by atomic mass is 10.0. The standard InChI is InChI=1S/C21H21N3S2/c1-14(2)15-8-10-16(11-9-15)24-20(18-7-5-13-26-18)19(23-21(24)25)17-6-3-4-12-22-17/h3-14,19-20H,1-2H3,(H,23,25). The zero-order valence-electron chi connectivity index (χ0n) is 14.8. The Labute approximate surface area is 163 Å². The first kappa shape index (κ1) is 17.2. The number of aromatic nitrogens is 1. The summed E-state index contributed by atoms with van der Waals surface area (Å²) >= 11 is 7.48. The van der Waals surface area contributed by atoms with Crippen LogP contribution in [0.3, 0.4) is 0 Å². The minimum absolute atomic E-state index is 0.0344. The maximum atomic E-state index is 5.73. The van der Waals surface area contributed by atoms with E-state index >= 15 is 0 Å². The van der Waals surface area contributed by atoms with Gasteiger partial charge in [-0.1, -0.05) is 38.1 Å². The molecule has 0 radical (unpaired) electrons. The number of nitrogens with zero attached hydrogens (tertiary/aromatic N) is 2. The van der Waals surface area contributed by atoms with E-state index in [1.54, 1.807) is 11.3 Å². The van der Waals surface area contributed by atoms with Crippen molar-refractivity contribution in [3.63, 3.8) is 0 Å². The number of anilines is 1. The predicted octanol–water partition coefficient (Wildman–Crippen LogP) is 5.44. The molecule has 3 heterocycles. The second-order valence-corrected chi connectivity index (χ2v) is 8.12. The van der Waals surface area contributed by atoms with E-state index < -0.39 is 0 Å². The molecule has 26 heavy (non-hydrogen) atoms. The highest BCUT2D eigenvalue weighted by Crippen LogP contribution is 2.43. The van der Waals surface area contributed by atoms with Gasteiger partial charge in [0.2, 0.25) is 0 Å². The summed E-state index contributed by atoms with van der Waals surface area (Å²) in [5, 5.41) is 6.36. The molecule has 1 aromatic carbocycles. The molecule has 0 aliphatic carbocycles. The number of benzene rings is 1. The molecule has 4 rings (SSSR count). The van der Waals surface area contributed by atoms with E-state index in [1.807, 2.05) is 18.3 Å². The van der Waals surface area contributed by atoms with Gasteiger partial charge in [-0.05, 0) is 59.4 Å². The Morgan fingerprint density at radius 3 is 2.50 bits per heavy atom. The van der Waals surface area contributed by atoms with E-state index in [2.05, 4.69) is 76.9 Å². The normalized spacial score (nSPS) is 19.8. The van der Waals surface area contributed by atoms with Crippen LogP contribution in [0.5, 0.6) is 0 Å². The molecule has 0 saturated carbocycles. The Morgan fingerprint density at radius 1 is 1.08 bits per heavy atom. The Kier molecular flexibility index (Phi) is 4.74. The van der Waals surface area contributed by atoms with E-state index in [4.69, 9.17) is 12.2 Å². The first-order valence-electron chi connectivity index (χ1n) is 8.79. The van der Waals surface area contributed by atoms with Crippen molar-refractivity contribution in [2.45, 2.75) is 31.8 Å². The SMILES string of the molecule is CC(C)c1ccc(N2C(=S)NC(c3ccccn3)C2c2cccs2)cc1. The van der Waals surface area contributed by atoms with Crippen LogP contribution in [0.2, 0.25) is 0 Å². The van der Waals surface area contributed by atoms with E-state index in [1.165, 1.54) is 10.4 Å². The van der Waals surface area contributed by atoms with Crippen LogP contribution in [0.1, 0.15) is 48.0 Å². The third-order valence-electron chi connectivity index (χ3n) is 4.77. The highest BCUT2D eigenvalue weighted by molar-refractivity contribution is 7.80. The molecular formula is C21H21N3S2. The molecule has 1 N–H and O–H groups in total. The summed E-state index contributed by atoms with van der Waals surface area (Å²) in [6, 6.07) is 19.2. The first-order chi connectivity index (χ1) is 12.6. The number of thiocarbonyl (C=S) groups is 1. The molecule has 2 aromatic heterocycles.